The van der Waals surface area contributed by atoms with Crippen molar-refractivity contribution in [3.63, 3.8) is 0 Å². The molecule has 0 aliphatic heterocycles. The van der Waals surface area contributed by atoms with Crippen molar-refractivity contribution >= 4 is 5.97 Å². The summed E-state index contributed by atoms with van der Waals surface area (Å²) in [5.74, 6) is -2.26. The van der Waals surface area contributed by atoms with Crippen LogP contribution < -0.4 is 0 Å². The first-order valence-corrected chi connectivity index (χ1v) is 8.34. The number of hydrogen-bond acceptors (Lipinski definition) is 4. The molecule has 10 heteroatoms. The third-order valence-electron chi connectivity index (χ3n) is 4.23. The Morgan fingerprint density at radius 2 is 1.93 bits per heavy atom. The van der Waals surface area contributed by atoms with Crippen LogP contribution in [0.4, 0.5) is 17.6 Å². The summed E-state index contributed by atoms with van der Waals surface area (Å²) < 4.78 is 53.5. The number of aliphatic hydroxyl groups is 1. The van der Waals surface area contributed by atoms with Crippen molar-refractivity contribution in [3.8, 4) is 5.69 Å². The van der Waals surface area contributed by atoms with Gasteiger partial charge in [-0.1, -0.05) is 0 Å². The molecule has 29 heavy (non-hydrogen) atoms. The molecule has 2 heterocycles. The highest BCUT2D eigenvalue weighted by Gasteiger charge is 2.31. The van der Waals surface area contributed by atoms with Gasteiger partial charge in [-0.15, -0.1) is 0 Å². The van der Waals surface area contributed by atoms with Gasteiger partial charge in [0.05, 0.1) is 29.2 Å². The Bertz CT molecular complexity index is 1080. The minimum absolute atomic E-state index is 0.0530. The summed E-state index contributed by atoms with van der Waals surface area (Å²) >= 11 is 0. The zero-order valence-corrected chi connectivity index (χ0v) is 15.0. The number of hydrogen-bond donors (Lipinski definition) is 2. The molecule has 0 fully saturated rings. The molecule has 152 valence electrons. The second-order valence-electron chi connectivity index (χ2n) is 6.31. The van der Waals surface area contributed by atoms with Gasteiger partial charge < -0.3 is 10.2 Å². The largest absolute Gasteiger partial charge is 0.478 e. The van der Waals surface area contributed by atoms with Crippen molar-refractivity contribution in [2.75, 3.05) is 0 Å². The molecule has 3 rings (SSSR count). The maximum absolute atomic E-state index is 13.6. The van der Waals surface area contributed by atoms with Gasteiger partial charge in [0, 0.05) is 18.3 Å². The quantitative estimate of drug-likeness (QED) is 0.630. The number of aromatic nitrogens is 3. The van der Waals surface area contributed by atoms with Gasteiger partial charge >= 0.3 is 12.1 Å². The monoisotopic (exact) mass is 409 g/mol. The van der Waals surface area contributed by atoms with E-state index in [2.05, 4.69) is 10.1 Å². The maximum Gasteiger partial charge on any atom is 0.416 e. The van der Waals surface area contributed by atoms with Gasteiger partial charge in [-0.05, 0) is 42.8 Å². The average molecular weight is 409 g/mol. The summed E-state index contributed by atoms with van der Waals surface area (Å²) in [5, 5.41) is 23.0. The number of nitrogens with zero attached hydrogens (tertiary/aromatic N) is 3. The van der Waals surface area contributed by atoms with Crippen molar-refractivity contribution in [3.05, 3.63) is 76.1 Å². The number of carbonyl (C=O) groups is 1. The van der Waals surface area contributed by atoms with E-state index in [0.29, 0.717) is 17.4 Å². The fraction of sp³-hybridized carbons (Fsp3) is 0.211. The summed E-state index contributed by atoms with van der Waals surface area (Å²) in [4.78, 5) is 15.5. The molecular formula is C19H15F4N3O3. The van der Waals surface area contributed by atoms with Gasteiger partial charge in [-0.25, -0.2) is 13.9 Å². The van der Waals surface area contributed by atoms with Crippen LogP contribution in [0.1, 0.15) is 38.6 Å². The molecular weight excluding hydrogens is 394 g/mol. The van der Waals surface area contributed by atoms with Crippen LogP contribution in [0.25, 0.3) is 5.69 Å². The number of alkyl halides is 3. The van der Waals surface area contributed by atoms with E-state index < -0.39 is 30.1 Å². The Morgan fingerprint density at radius 3 is 2.55 bits per heavy atom. The normalized spacial score (nSPS) is 11.7. The van der Waals surface area contributed by atoms with Crippen LogP contribution in [-0.4, -0.2) is 30.9 Å². The molecule has 2 aromatic heterocycles. The lowest BCUT2D eigenvalue weighted by Gasteiger charge is -2.11. The first-order valence-electron chi connectivity index (χ1n) is 8.34. The SMILES string of the molecule is Cc1nn(-c2ccnc(Cc3cc(F)cc(C(F)(F)F)c3)c2)c(CO)c1C(=O)O. The van der Waals surface area contributed by atoms with Gasteiger partial charge in [0.2, 0.25) is 0 Å². The molecule has 0 spiro atoms. The predicted octanol–water partition coefficient (Wildman–Crippen LogP) is 3.51. The summed E-state index contributed by atoms with van der Waals surface area (Å²) in [6.45, 7) is 0.894. The molecule has 0 saturated carbocycles. The van der Waals surface area contributed by atoms with Crippen molar-refractivity contribution in [1.29, 1.82) is 0 Å². The molecule has 0 saturated heterocycles. The Hall–Kier alpha value is -3.27. The van der Waals surface area contributed by atoms with E-state index in [0.717, 1.165) is 12.1 Å². The van der Waals surface area contributed by atoms with E-state index in [4.69, 9.17) is 0 Å². The molecule has 0 bridgehead atoms. The fourth-order valence-corrected chi connectivity index (χ4v) is 3.03. The Morgan fingerprint density at radius 1 is 1.21 bits per heavy atom. The molecule has 0 radical (unpaired) electrons. The van der Waals surface area contributed by atoms with Crippen LogP contribution >= 0.6 is 0 Å². The number of aromatic carboxylic acids is 1. The molecule has 6 nitrogen and oxygen atoms in total. The van der Waals surface area contributed by atoms with Crippen LogP contribution in [0, 0.1) is 12.7 Å². The van der Waals surface area contributed by atoms with Crippen LogP contribution in [0.3, 0.4) is 0 Å². The lowest BCUT2D eigenvalue weighted by Crippen LogP contribution is -2.08. The summed E-state index contributed by atoms with van der Waals surface area (Å²) in [6, 6.07) is 5.24. The van der Waals surface area contributed by atoms with Crippen molar-refractivity contribution in [2.45, 2.75) is 26.1 Å². The number of carboxylic acids is 1. The van der Waals surface area contributed by atoms with Crippen LogP contribution in [-0.2, 0) is 19.2 Å². The molecule has 0 amide bonds. The van der Waals surface area contributed by atoms with E-state index in [1.807, 2.05) is 0 Å². The number of aryl methyl sites for hydroxylation is 1. The second-order valence-corrected chi connectivity index (χ2v) is 6.31. The van der Waals surface area contributed by atoms with Crippen molar-refractivity contribution < 1.29 is 32.6 Å². The third-order valence-corrected chi connectivity index (χ3v) is 4.23. The molecule has 0 atom stereocenters. The standard InChI is InChI=1S/C19H15F4N3O3/c1-10-17(18(28)29)16(9-27)26(25-10)15-2-3-24-14(8-15)6-11-4-12(19(21,22)23)7-13(20)5-11/h2-5,7-8,27H,6,9H2,1H3,(H,28,29). The molecule has 3 aromatic rings. The lowest BCUT2D eigenvalue weighted by molar-refractivity contribution is -0.137. The number of aliphatic hydroxyl groups excluding tert-OH is 1. The minimum atomic E-state index is -4.68. The lowest BCUT2D eigenvalue weighted by atomic mass is 10.0. The van der Waals surface area contributed by atoms with Gasteiger partial charge in [0.15, 0.2) is 0 Å². The van der Waals surface area contributed by atoms with Crippen molar-refractivity contribution in [2.24, 2.45) is 0 Å². The first kappa shape index (κ1) is 20.5. The topological polar surface area (TPSA) is 88.2 Å². The predicted molar refractivity (Wildman–Crippen MR) is 93.2 cm³/mol. The Kier molecular flexibility index (Phi) is 5.38. The summed E-state index contributed by atoms with van der Waals surface area (Å²) in [7, 11) is 0. The van der Waals surface area contributed by atoms with Gasteiger partial charge in [-0.3, -0.25) is 4.98 Å². The van der Waals surface area contributed by atoms with Crippen LogP contribution in [0.5, 0.6) is 0 Å². The molecule has 1 aromatic carbocycles. The molecule has 2 N–H and O–H groups in total. The highest BCUT2D eigenvalue weighted by Crippen LogP contribution is 2.31. The van der Waals surface area contributed by atoms with E-state index in [9.17, 15) is 32.6 Å². The van der Waals surface area contributed by atoms with Crippen LogP contribution in [0.15, 0.2) is 36.5 Å². The molecule has 0 aliphatic rings. The third kappa shape index (κ3) is 4.27. The van der Waals surface area contributed by atoms with E-state index in [-0.39, 0.29) is 28.9 Å². The number of pyridine rings is 1. The maximum atomic E-state index is 13.6. The molecule has 0 aliphatic carbocycles. The summed E-state index contributed by atoms with van der Waals surface area (Å²) in [6.07, 6.45) is -3.40. The van der Waals surface area contributed by atoms with E-state index in [1.165, 1.54) is 29.9 Å². The second kappa shape index (κ2) is 7.63. The van der Waals surface area contributed by atoms with Crippen molar-refractivity contribution in [1.82, 2.24) is 14.8 Å². The zero-order chi connectivity index (χ0) is 21.3. The smallest absolute Gasteiger partial charge is 0.416 e. The van der Waals surface area contributed by atoms with Gasteiger partial charge in [0.25, 0.3) is 0 Å². The number of carboxylic acid groups (broad SMARTS) is 1. The summed E-state index contributed by atoms with van der Waals surface area (Å²) in [5.41, 5.74) is -0.229. The highest BCUT2D eigenvalue weighted by molar-refractivity contribution is 5.90. The molecule has 0 unspecified atom stereocenters. The Balaban J connectivity index is 1.99. The van der Waals surface area contributed by atoms with Gasteiger partial charge in [-0.2, -0.15) is 18.3 Å². The number of benzene rings is 1. The number of rotatable bonds is 5. The minimum Gasteiger partial charge on any atom is -0.478 e. The van der Waals surface area contributed by atoms with Gasteiger partial charge in [0.1, 0.15) is 11.4 Å². The Labute approximate surface area is 162 Å². The van der Waals surface area contributed by atoms with E-state index in [1.54, 1.807) is 0 Å². The fourth-order valence-electron chi connectivity index (χ4n) is 3.03. The zero-order valence-electron chi connectivity index (χ0n) is 15.0. The number of halogens is 4. The highest BCUT2D eigenvalue weighted by atomic mass is 19.4. The van der Waals surface area contributed by atoms with Crippen LogP contribution in [0.2, 0.25) is 0 Å². The average Bonchev–Trinajstić information content (AvgIpc) is 2.97. The first-order chi connectivity index (χ1) is 13.6. The van der Waals surface area contributed by atoms with E-state index >= 15 is 0 Å².